The minimum Gasteiger partial charge on any atom is -0.506 e. The minimum absolute atomic E-state index is 0.104. The van der Waals surface area contributed by atoms with Gasteiger partial charge in [-0.2, -0.15) is 13.2 Å². The Bertz CT molecular complexity index is 759. The molecular formula is C12H6ClF3N2O3. The highest BCUT2D eigenvalue weighted by molar-refractivity contribution is 6.36. The summed E-state index contributed by atoms with van der Waals surface area (Å²) in [6.07, 6.45) is -5.19. The van der Waals surface area contributed by atoms with Gasteiger partial charge in [-0.25, -0.2) is 0 Å². The molecule has 0 fully saturated rings. The van der Waals surface area contributed by atoms with Crippen molar-refractivity contribution in [2.24, 2.45) is 10.2 Å². The quantitative estimate of drug-likeness (QED) is 0.614. The van der Waals surface area contributed by atoms with E-state index in [0.717, 1.165) is 0 Å². The molecule has 21 heavy (non-hydrogen) atoms. The van der Waals surface area contributed by atoms with Crippen LogP contribution in [-0.4, -0.2) is 22.3 Å². The number of benzene rings is 2. The van der Waals surface area contributed by atoms with E-state index in [2.05, 4.69) is 10.2 Å². The van der Waals surface area contributed by atoms with Gasteiger partial charge in [0, 0.05) is 10.8 Å². The molecule has 5 nitrogen and oxygen atoms in total. The van der Waals surface area contributed by atoms with Gasteiger partial charge in [0.1, 0.15) is 10.8 Å². The van der Waals surface area contributed by atoms with Gasteiger partial charge < -0.3 is 10.2 Å². The van der Waals surface area contributed by atoms with Gasteiger partial charge in [-0.05, 0) is 0 Å². The molecule has 2 N–H and O–H groups in total. The van der Waals surface area contributed by atoms with Gasteiger partial charge >= 0.3 is 12.1 Å². The smallest absolute Gasteiger partial charge is 0.475 e. The molecule has 9 heteroatoms. The van der Waals surface area contributed by atoms with E-state index in [4.69, 9.17) is 11.6 Å². The number of halogens is 4. The number of azo groups is 1. The Morgan fingerprint density at radius 2 is 1.62 bits per heavy atom. The first-order valence-corrected chi connectivity index (χ1v) is 5.76. The van der Waals surface area contributed by atoms with Crippen molar-refractivity contribution in [3.8, 4) is 11.5 Å². The molecule has 0 saturated carbocycles. The number of nitrogens with zero attached hydrogens (tertiary/aromatic N) is 2. The van der Waals surface area contributed by atoms with Crippen molar-refractivity contribution in [1.29, 1.82) is 0 Å². The second-order valence-electron chi connectivity index (χ2n) is 3.91. The monoisotopic (exact) mass is 318 g/mol. The van der Waals surface area contributed by atoms with Crippen LogP contribution >= 0.6 is 11.6 Å². The zero-order valence-electron chi connectivity index (χ0n) is 10.0. The Kier molecular flexibility index (Phi) is 3.73. The second-order valence-corrected chi connectivity index (χ2v) is 4.29. The number of carbonyl (C=O) groups excluding carboxylic acids is 1. The Labute approximate surface area is 120 Å². The van der Waals surface area contributed by atoms with Gasteiger partial charge in [0.25, 0.3) is 0 Å². The van der Waals surface area contributed by atoms with E-state index in [1.807, 2.05) is 0 Å². The number of alkyl halides is 3. The molecule has 2 rings (SSSR count). The summed E-state index contributed by atoms with van der Waals surface area (Å²) in [5.41, 5.74) is -0.620. The summed E-state index contributed by atoms with van der Waals surface area (Å²) in [7, 11) is 0. The lowest BCUT2D eigenvalue weighted by Crippen LogP contribution is -2.19. The fraction of sp³-hybridized carbons (Fsp3) is 0.0833. The summed E-state index contributed by atoms with van der Waals surface area (Å²) >= 11 is 5.72. The maximum Gasteiger partial charge on any atom is 0.475 e. The maximum absolute atomic E-state index is 12.0. The fourth-order valence-corrected chi connectivity index (χ4v) is 1.83. The first kappa shape index (κ1) is 15.0. The third-order valence-electron chi connectivity index (χ3n) is 2.56. The van der Waals surface area contributed by atoms with Crippen LogP contribution < -0.4 is 0 Å². The van der Waals surface area contributed by atoms with Gasteiger partial charge in [-0.3, -0.25) is 4.79 Å². The first-order valence-electron chi connectivity index (χ1n) is 5.38. The molecule has 0 heterocycles. The second kappa shape index (κ2) is 5.21. The standard InChI is InChI=1S/C12H6ClF3N2O3/c13-7-8(17-18-11(21)12(14,15)16)10(20)6-4-2-1-3-5(6)9(7)19/h1-4,19-20H. The molecule has 0 unspecified atom stereocenters. The molecule has 0 spiro atoms. The van der Waals surface area contributed by atoms with E-state index in [-0.39, 0.29) is 10.8 Å². The molecule has 1 amide bonds. The van der Waals surface area contributed by atoms with Crippen molar-refractivity contribution < 1.29 is 28.2 Å². The molecule has 2 aromatic rings. The molecule has 2 aromatic carbocycles. The number of hydrogen-bond acceptors (Lipinski definition) is 4. The van der Waals surface area contributed by atoms with E-state index in [0.29, 0.717) is 0 Å². The molecule has 0 atom stereocenters. The maximum atomic E-state index is 12.0. The highest BCUT2D eigenvalue weighted by Crippen LogP contribution is 2.47. The SMILES string of the molecule is O=C(N=Nc1c(Cl)c(O)c2ccccc2c1O)C(F)(F)F. The molecule has 0 aliphatic rings. The van der Waals surface area contributed by atoms with Crippen molar-refractivity contribution in [2.45, 2.75) is 6.18 Å². The van der Waals surface area contributed by atoms with E-state index >= 15 is 0 Å². The summed E-state index contributed by atoms with van der Waals surface area (Å²) in [4.78, 5) is 10.6. The van der Waals surface area contributed by atoms with Crippen molar-refractivity contribution in [1.82, 2.24) is 0 Å². The lowest BCUT2D eigenvalue weighted by Gasteiger charge is -2.08. The van der Waals surface area contributed by atoms with E-state index in [1.54, 1.807) is 6.07 Å². The normalized spacial score (nSPS) is 12.2. The van der Waals surface area contributed by atoms with Crippen LogP contribution in [0.5, 0.6) is 11.5 Å². The van der Waals surface area contributed by atoms with E-state index < -0.39 is 34.3 Å². The largest absolute Gasteiger partial charge is 0.506 e. The number of carbonyl (C=O) groups is 1. The number of hydrogen-bond donors (Lipinski definition) is 2. The summed E-state index contributed by atoms with van der Waals surface area (Å²) < 4.78 is 36.1. The molecule has 0 radical (unpaired) electrons. The van der Waals surface area contributed by atoms with Crippen molar-refractivity contribution in [2.75, 3.05) is 0 Å². The van der Waals surface area contributed by atoms with Crippen molar-refractivity contribution >= 4 is 34.0 Å². The highest BCUT2D eigenvalue weighted by atomic mass is 35.5. The number of amides is 1. The predicted octanol–water partition coefficient (Wildman–Crippen LogP) is 4.08. The summed E-state index contributed by atoms with van der Waals surface area (Å²) in [5, 5.41) is 25.0. The summed E-state index contributed by atoms with van der Waals surface area (Å²) in [6.45, 7) is 0. The lowest BCUT2D eigenvalue weighted by atomic mass is 10.1. The molecule has 110 valence electrons. The Morgan fingerprint density at radius 3 is 2.14 bits per heavy atom. The van der Waals surface area contributed by atoms with Crippen LogP contribution in [0.15, 0.2) is 34.5 Å². The Hall–Kier alpha value is -2.35. The van der Waals surface area contributed by atoms with E-state index in [1.165, 1.54) is 18.2 Å². The summed E-state index contributed by atoms with van der Waals surface area (Å²) in [6, 6.07) is 5.92. The molecule has 0 aliphatic carbocycles. The van der Waals surface area contributed by atoms with Gasteiger partial charge in [0.2, 0.25) is 0 Å². The summed E-state index contributed by atoms with van der Waals surface area (Å²) in [5.74, 6) is -3.53. The fourth-order valence-electron chi connectivity index (χ4n) is 1.60. The van der Waals surface area contributed by atoms with Crippen molar-refractivity contribution in [3.63, 3.8) is 0 Å². The zero-order valence-corrected chi connectivity index (χ0v) is 10.8. The minimum atomic E-state index is -5.19. The third kappa shape index (κ3) is 2.75. The number of phenolic OH excluding ortho intramolecular Hbond substituents is 2. The van der Waals surface area contributed by atoms with Crippen LogP contribution in [0.3, 0.4) is 0 Å². The Balaban J connectivity index is 2.60. The molecular weight excluding hydrogens is 313 g/mol. The molecule has 0 saturated heterocycles. The number of fused-ring (bicyclic) bond motifs is 1. The van der Waals surface area contributed by atoms with Gasteiger partial charge in [-0.15, -0.1) is 10.2 Å². The number of aromatic hydroxyl groups is 2. The van der Waals surface area contributed by atoms with Crippen LogP contribution in [0.25, 0.3) is 10.8 Å². The van der Waals surface area contributed by atoms with Gasteiger partial charge in [-0.1, -0.05) is 35.9 Å². The lowest BCUT2D eigenvalue weighted by molar-refractivity contribution is -0.170. The van der Waals surface area contributed by atoms with Crippen molar-refractivity contribution in [3.05, 3.63) is 29.3 Å². The van der Waals surface area contributed by atoms with Gasteiger partial charge in [0.05, 0.1) is 0 Å². The van der Waals surface area contributed by atoms with Gasteiger partial charge in [0.15, 0.2) is 11.4 Å². The first-order chi connectivity index (χ1) is 9.73. The average molecular weight is 319 g/mol. The number of phenols is 2. The molecule has 0 aromatic heterocycles. The zero-order chi connectivity index (χ0) is 15.8. The molecule has 0 bridgehead atoms. The van der Waals surface area contributed by atoms with Crippen LogP contribution in [0, 0.1) is 0 Å². The third-order valence-corrected chi connectivity index (χ3v) is 2.92. The topological polar surface area (TPSA) is 82.2 Å². The average Bonchev–Trinajstić information content (AvgIpc) is 2.43. The molecule has 0 aliphatic heterocycles. The highest BCUT2D eigenvalue weighted by Gasteiger charge is 2.39. The van der Waals surface area contributed by atoms with Crippen LogP contribution in [0.2, 0.25) is 5.02 Å². The Morgan fingerprint density at radius 1 is 1.10 bits per heavy atom. The number of rotatable bonds is 1. The van der Waals surface area contributed by atoms with Crippen LogP contribution in [-0.2, 0) is 4.79 Å². The van der Waals surface area contributed by atoms with Crippen LogP contribution in [0.4, 0.5) is 18.9 Å². The predicted molar refractivity (Wildman–Crippen MR) is 67.9 cm³/mol. The van der Waals surface area contributed by atoms with Crippen LogP contribution in [0.1, 0.15) is 0 Å². The van der Waals surface area contributed by atoms with E-state index in [9.17, 15) is 28.2 Å².